The molecule has 0 spiro atoms. The van der Waals surface area contributed by atoms with Crippen molar-refractivity contribution in [1.82, 2.24) is 9.80 Å². The summed E-state index contributed by atoms with van der Waals surface area (Å²) in [7, 11) is 1.43. The molecule has 3 aliphatic rings. The molecule has 0 aliphatic carbocycles. The Morgan fingerprint density at radius 3 is 2.50 bits per heavy atom. The fourth-order valence-corrected chi connectivity index (χ4v) is 7.47. The van der Waals surface area contributed by atoms with Crippen LogP contribution in [0.15, 0.2) is 18.2 Å². The van der Waals surface area contributed by atoms with Crippen molar-refractivity contribution in [1.29, 1.82) is 5.26 Å². The Labute approximate surface area is 217 Å². The highest BCUT2D eigenvalue weighted by molar-refractivity contribution is 8.16. The summed E-state index contributed by atoms with van der Waals surface area (Å²) in [5.74, 6) is -0.145. The first-order chi connectivity index (χ1) is 17.0. The minimum absolute atomic E-state index is 0.0359. The number of carbonyl (C=O) groups is 4. The first kappa shape index (κ1) is 26.3. The minimum atomic E-state index is -1.72. The maximum Gasteiger partial charge on any atom is 0.261 e. The summed E-state index contributed by atoms with van der Waals surface area (Å²) in [6, 6.07) is 6.44. The number of hydrogen-bond acceptors (Lipinski definition) is 10. The molecule has 2 saturated heterocycles. The Bertz CT molecular complexity index is 1190. The van der Waals surface area contributed by atoms with Gasteiger partial charge in [-0.25, -0.2) is 0 Å². The SMILES string of the molecule is CCC(=O)S[C@@]1(C)C(=O)N2[C@@H](c3ccc4c(c3)OCO4)[C@@](C)(C#N)C[C@]2(SC(=O)CCO)C(=O)N1C. The molecule has 1 aromatic carbocycles. The van der Waals surface area contributed by atoms with Crippen LogP contribution in [0.5, 0.6) is 11.5 Å². The number of aliphatic hydroxyl groups is 1. The molecule has 0 aromatic heterocycles. The molecule has 4 atom stereocenters. The number of piperazine rings is 1. The van der Waals surface area contributed by atoms with E-state index in [9.17, 15) is 29.5 Å². The molecule has 36 heavy (non-hydrogen) atoms. The van der Waals surface area contributed by atoms with Gasteiger partial charge in [-0.1, -0.05) is 13.0 Å². The Kier molecular flexibility index (Phi) is 6.79. The molecule has 4 rings (SSSR count). The lowest BCUT2D eigenvalue weighted by Gasteiger charge is -2.52. The first-order valence-corrected chi connectivity index (χ1v) is 13.1. The average Bonchev–Trinajstić information content (AvgIpc) is 3.42. The van der Waals surface area contributed by atoms with Gasteiger partial charge in [0.1, 0.15) is 0 Å². The van der Waals surface area contributed by atoms with E-state index in [2.05, 4.69) is 6.07 Å². The van der Waals surface area contributed by atoms with Crippen LogP contribution >= 0.6 is 23.5 Å². The summed E-state index contributed by atoms with van der Waals surface area (Å²) in [6.45, 7) is 4.45. The number of amides is 2. The summed E-state index contributed by atoms with van der Waals surface area (Å²) in [5.41, 5.74) is -0.725. The zero-order chi connectivity index (χ0) is 26.5. The maximum atomic E-state index is 14.3. The van der Waals surface area contributed by atoms with Crippen LogP contribution in [0.25, 0.3) is 0 Å². The summed E-state index contributed by atoms with van der Waals surface area (Å²) in [6.07, 6.45) is -0.176. The molecule has 3 aliphatic heterocycles. The van der Waals surface area contributed by atoms with Crippen molar-refractivity contribution >= 4 is 45.6 Å². The van der Waals surface area contributed by atoms with Gasteiger partial charge in [0.25, 0.3) is 11.8 Å². The molecule has 10 nitrogen and oxygen atoms in total. The van der Waals surface area contributed by atoms with Crippen molar-refractivity contribution < 1.29 is 33.8 Å². The van der Waals surface area contributed by atoms with Crippen molar-refractivity contribution in [2.45, 2.75) is 55.8 Å². The van der Waals surface area contributed by atoms with Crippen LogP contribution < -0.4 is 9.47 Å². The first-order valence-electron chi connectivity index (χ1n) is 11.4. The number of nitrogens with zero attached hydrogens (tertiary/aromatic N) is 3. The fourth-order valence-electron chi connectivity index (χ4n) is 5.02. The van der Waals surface area contributed by atoms with Gasteiger partial charge >= 0.3 is 0 Å². The van der Waals surface area contributed by atoms with E-state index in [1.807, 2.05) is 0 Å². The molecular formula is C24H27N3O7S2. The Morgan fingerprint density at radius 1 is 1.17 bits per heavy atom. The highest BCUT2D eigenvalue weighted by Gasteiger charge is 2.71. The monoisotopic (exact) mass is 533 g/mol. The van der Waals surface area contributed by atoms with Gasteiger partial charge in [0.2, 0.25) is 6.79 Å². The number of rotatable bonds is 6. The molecule has 192 valence electrons. The molecule has 0 bridgehead atoms. The number of benzene rings is 1. The summed E-state index contributed by atoms with van der Waals surface area (Å²) >= 11 is 1.42. The standard InChI is InChI=1S/C24H27N3O7S2/c1-5-17(29)35-23(3)20(31)27-19(14-6-7-15-16(10-14)34-13-33-15)22(2,12-25)11-24(27,21(32)26(23)4)36-18(30)8-9-28/h6-7,10,19,28H,5,8-9,11,13H2,1-4H3/t19-,22+,23-,24-/m0/s1. The molecule has 0 unspecified atom stereocenters. The highest BCUT2D eigenvalue weighted by atomic mass is 32.2. The Balaban J connectivity index is 1.93. The predicted molar refractivity (Wildman–Crippen MR) is 132 cm³/mol. The van der Waals surface area contributed by atoms with Crippen LogP contribution in [-0.2, 0) is 19.2 Å². The number of carbonyl (C=O) groups excluding carboxylic acids is 4. The van der Waals surface area contributed by atoms with Crippen molar-refractivity contribution in [2.24, 2.45) is 5.41 Å². The Morgan fingerprint density at radius 2 is 1.86 bits per heavy atom. The van der Waals surface area contributed by atoms with Gasteiger partial charge in [-0.3, -0.25) is 19.2 Å². The second kappa shape index (κ2) is 9.28. The third-order valence-electron chi connectivity index (χ3n) is 6.92. The van der Waals surface area contributed by atoms with Crippen LogP contribution in [-0.4, -0.2) is 67.1 Å². The number of aliphatic hydroxyl groups excluding tert-OH is 1. The molecule has 0 saturated carbocycles. The summed E-state index contributed by atoms with van der Waals surface area (Å²) < 4.78 is 10.9. The number of nitriles is 1. The van der Waals surface area contributed by atoms with Crippen LogP contribution in [0.1, 0.15) is 51.6 Å². The van der Waals surface area contributed by atoms with Crippen molar-refractivity contribution in [2.75, 3.05) is 20.4 Å². The van der Waals surface area contributed by atoms with E-state index in [-0.39, 0.29) is 31.2 Å². The van der Waals surface area contributed by atoms with Crippen LogP contribution in [0.2, 0.25) is 0 Å². The average molecular weight is 534 g/mol. The van der Waals surface area contributed by atoms with Gasteiger partial charge in [-0.15, -0.1) is 0 Å². The normalized spacial score (nSPS) is 30.8. The molecule has 1 aromatic rings. The third kappa shape index (κ3) is 3.84. The number of likely N-dealkylation sites (N-methyl/N-ethyl adjacent to an activating group) is 1. The van der Waals surface area contributed by atoms with E-state index in [4.69, 9.17) is 9.47 Å². The highest BCUT2D eigenvalue weighted by Crippen LogP contribution is 2.62. The number of thioether (sulfide) groups is 2. The van der Waals surface area contributed by atoms with E-state index in [1.54, 1.807) is 32.0 Å². The quantitative estimate of drug-likeness (QED) is 0.580. The second-order valence-electron chi connectivity index (χ2n) is 9.30. The van der Waals surface area contributed by atoms with Gasteiger partial charge in [0.05, 0.1) is 24.1 Å². The topological polar surface area (TPSA) is 137 Å². The van der Waals surface area contributed by atoms with Gasteiger partial charge in [-0.05, 0) is 55.1 Å². The predicted octanol–water partition coefficient (Wildman–Crippen LogP) is 2.42. The zero-order valence-electron chi connectivity index (χ0n) is 20.4. The van der Waals surface area contributed by atoms with Gasteiger partial charge in [-0.2, -0.15) is 5.26 Å². The summed E-state index contributed by atoms with van der Waals surface area (Å²) in [5, 5.41) is 18.9. The molecular weight excluding hydrogens is 506 g/mol. The molecule has 3 heterocycles. The van der Waals surface area contributed by atoms with Crippen molar-refractivity contribution in [3.63, 3.8) is 0 Å². The maximum absolute atomic E-state index is 14.3. The smallest absolute Gasteiger partial charge is 0.261 e. The molecule has 2 amide bonds. The molecule has 1 N–H and O–H groups in total. The Hall–Kier alpha value is -2.75. The second-order valence-corrected chi connectivity index (χ2v) is 12.1. The molecule has 2 fully saturated rings. The van der Waals surface area contributed by atoms with Crippen molar-refractivity contribution in [3.05, 3.63) is 23.8 Å². The lowest BCUT2D eigenvalue weighted by Crippen LogP contribution is -2.71. The van der Waals surface area contributed by atoms with E-state index >= 15 is 0 Å². The van der Waals surface area contributed by atoms with Gasteiger partial charge in [0, 0.05) is 26.3 Å². The third-order valence-corrected chi connectivity index (χ3v) is 9.57. The van der Waals surface area contributed by atoms with Crippen LogP contribution in [0.3, 0.4) is 0 Å². The molecule has 12 heteroatoms. The van der Waals surface area contributed by atoms with E-state index in [1.165, 1.54) is 23.8 Å². The summed E-state index contributed by atoms with van der Waals surface area (Å²) in [4.78, 5) is 52.9. The van der Waals surface area contributed by atoms with Gasteiger partial charge < -0.3 is 24.4 Å². The van der Waals surface area contributed by atoms with E-state index < -0.39 is 44.7 Å². The number of ether oxygens (including phenoxy) is 2. The van der Waals surface area contributed by atoms with E-state index in [0.29, 0.717) is 28.8 Å². The van der Waals surface area contributed by atoms with Crippen LogP contribution in [0, 0.1) is 16.7 Å². The number of hydrogen-bond donors (Lipinski definition) is 1. The van der Waals surface area contributed by atoms with Gasteiger partial charge in [0.15, 0.2) is 31.5 Å². The van der Waals surface area contributed by atoms with Crippen molar-refractivity contribution in [3.8, 4) is 17.6 Å². The largest absolute Gasteiger partial charge is 0.454 e. The molecule has 0 radical (unpaired) electrons. The van der Waals surface area contributed by atoms with Crippen LogP contribution in [0.4, 0.5) is 0 Å². The lowest BCUT2D eigenvalue weighted by molar-refractivity contribution is -0.163. The van der Waals surface area contributed by atoms with E-state index in [0.717, 1.165) is 11.8 Å². The fraction of sp³-hybridized carbons (Fsp3) is 0.542. The lowest BCUT2D eigenvalue weighted by atomic mass is 9.79. The minimum Gasteiger partial charge on any atom is -0.454 e. The number of fused-ring (bicyclic) bond motifs is 2. The zero-order valence-corrected chi connectivity index (χ0v) is 22.0.